The number of nitrogens with zero attached hydrogens (tertiary/aromatic N) is 5. The van der Waals surface area contributed by atoms with Gasteiger partial charge in [-0.25, -0.2) is 4.79 Å². The molecule has 26 heavy (non-hydrogen) atoms. The number of hydrogen-bond donors (Lipinski definition) is 0. The van der Waals surface area contributed by atoms with Crippen LogP contribution in [-0.4, -0.2) is 23.1 Å². The molecule has 0 saturated carbocycles. The van der Waals surface area contributed by atoms with Gasteiger partial charge in [0.25, 0.3) is 5.56 Å². The molecule has 0 N–H and O–H groups in total. The molecule has 0 aliphatic carbocycles. The summed E-state index contributed by atoms with van der Waals surface area (Å²) in [5.41, 5.74) is 5.38. The van der Waals surface area contributed by atoms with Gasteiger partial charge in [0.15, 0.2) is 11.2 Å². The van der Waals surface area contributed by atoms with Gasteiger partial charge in [0.1, 0.15) is 0 Å². The monoisotopic (exact) mass is 351 g/mol. The van der Waals surface area contributed by atoms with Crippen LogP contribution < -0.4 is 11.2 Å². The molecule has 0 aliphatic rings. The maximum absolute atomic E-state index is 12.8. The maximum atomic E-state index is 12.8. The Hall–Kier alpha value is -3.09. The predicted octanol–water partition coefficient (Wildman–Crippen LogP) is 1.91. The van der Waals surface area contributed by atoms with E-state index in [1.807, 2.05) is 22.8 Å². The summed E-state index contributed by atoms with van der Waals surface area (Å²) in [6.45, 7) is 8.10. The van der Waals surface area contributed by atoms with E-state index in [1.54, 1.807) is 7.05 Å². The smallest absolute Gasteiger partial charge is 0.282 e. The summed E-state index contributed by atoms with van der Waals surface area (Å²) in [4.78, 5) is 29.7. The number of aryl methyl sites for hydroxylation is 4. The van der Waals surface area contributed by atoms with E-state index in [1.165, 1.54) is 17.2 Å². The van der Waals surface area contributed by atoms with Crippen LogP contribution in [0.2, 0.25) is 0 Å². The summed E-state index contributed by atoms with van der Waals surface area (Å²) < 4.78 is 6.45. The molecule has 3 aromatic heterocycles. The van der Waals surface area contributed by atoms with Crippen molar-refractivity contribution in [1.29, 1.82) is 0 Å². The average Bonchev–Trinajstić information content (AvgIpc) is 3.09. The van der Waals surface area contributed by atoms with Crippen molar-refractivity contribution >= 4 is 16.9 Å². The van der Waals surface area contributed by atoms with Crippen LogP contribution in [0.5, 0.6) is 0 Å². The van der Waals surface area contributed by atoms with Crippen LogP contribution in [0.3, 0.4) is 0 Å². The Morgan fingerprint density at radius 2 is 1.62 bits per heavy atom. The third kappa shape index (κ3) is 1.91. The number of hydrogen-bond acceptors (Lipinski definition) is 3. The molecule has 0 atom stereocenters. The molecule has 134 valence electrons. The molecular formula is C19H21N5O2. The normalized spacial score (nSPS) is 11.8. The van der Waals surface area contributed by atoms with Crippen LogP contribution in [0.4, 0.5) is 0 Å². The molecule has 0 unspecified atom stereocenters. The number of aromatic nitrogens is 5. The molecule has 4 aromatic rings. The molecular weight excluding hydrogens is 330 g/mol. The van der Waals surface area contributed by atoms with Gasteiger partial charge in [-0.3, -0.25) is 22.9 Å². The Kier molecular flexibility index (Phi) is 3.28. The Labute approximate surface area is 149 Å². The maximum Gasteiger partial charge on any atom is 0.332 e. The van der Waals surface area contributed by atoms with Gasteiger partial charge in [0, 0.05) is 25.5 Å². The average molecular weight is 351 g/mol. The Morgan fingerprint density at radius 1 is 0.923 bits per heavy atom. The van der Waals surface area contributed by atoms with E-state index in [4.69, 9.17) is 0 Å². The fourth-order valence-electron chi connectivity index (χ4n) is 3.67. The minimum absolute atomic E-state index is 0.337. The van der Waals surface area contributed by atoms with Gasteiger partial charge in [-0.2, -0.15) is 4.98 Å². The highest BCUT2D eigenvalue weighted by molar-refractivity contribution is 5.77. The molecule has 1 aromatic carbocycles. The molecule has 7 heteroatoms. The summed E-state index contributed by atoms with van der Waals surface area (Å²) in [5, 5.41) is 0. The first kappa shape index (κ1) is 16.4. The highest BCUT2D eigenvalue weighted by Crippen LogP contribution is 2.26. The number of benzene rings is 1. The van der Waals surface area contributed by atoms with Crippen molar-refractivity contribution < 1.29 is 0 Å². The molecule has 0 radical (unpaired) electrons. The molecule has 0 fully saturated rings. The van der Waals surface area contributed by atoms with Crippen LogP contribution in [0.1, 0.15) is 22.5 Å². The Morgan fingerprint density at radius 3 is 2.27 bits per heavy atom. The van der Waals surface area contributed by atoms with E-state index < -0.39 is 0 Å². The number of fused-ring (bicyclic) bond motifs is 3. The largest absolute Gasteiger partial charge is 0.332 e. The first-order valence-electron chi connectivity index (χ1n) is 8.47. The fourth-order valence-corrected chi connectivity index (χ4v) is 3.67. The minimum Gasteiger partial charge on any atom is -0.282 e. The third-order valence-electron chi connectivity index (χ3n) is 5.23. The van der Waals surface area contributed by atoms with E-state index in [9.17, 15) is 9.59 Å². The Balaban J connectivity index is 2.26. The van der Waals surface area contributed by atoms with Gasteiger partial charge in [-0.1, -0.05) is 17.7 Å². The lowest BCUT2D eigenvalue weighted by molar-refractivity contribution is 0.707. The van der Waals surface area contributed by atoms with Gasteiger partial charge in [-0.15, -0.1) is 0 Å². The van der Waals surface area contributed by atoms with Crippen LogP contribution in [0.15, 0.2) is 27.8 Å². The second kappa shape index (κ2) is 5.20. The standard InChI is InChI=1S/C19H21N5O2/c1-10-7-8-14(11(2)9-10)23-12(3)13(4)24-15-16(20-18(23)24)21(5)19(26)22(6)17(15)25/h7-9H,1-6H3. The summed E-state index contributed by atoms with van der Waals surface area (Å²) in [6, 6.07) is 6.25. The van der Waals surface area contributed by atoms with Gasteiger partial charge in [-0.05, 0) is 39.3 Å². The van der Waals surface area contributed by atoms with E-state index >= 15 is 0 Å². The van der Waals surface area contributed by atoms with E-state index in [0.717, 1.165) is 27.2 Å². The van der Waals surface area contributed by atoms with Crippen molar-refractivity contribution in [2.45, 2.75) is 27.7 Å². The van der Waals surface area contributed by atoms with Crippen LogP contribution >= 0.6 is 0 Å². The highest BCUT2D eigenvalue weighted by Gasteiger charge is 2.22. The zero-order chi connectivity index (χ0) is 18.9. The molecule has 0 aliphatic heterocycles. The fraction of sp³-hybridized carbons (Fsp3) is 0.316. The molecule has 4 rings (SSSR count). The number of imidazole rings is 2. The quantitative estimate of drug-likeness (QED) is 0.526. The SMILES string of the molecule is Cc1ccc(-n2c(C)c(C)n3c4c(=O)n(C)c(=O)n(C)c4nc23)c(C)c1. The lowest BCUT2D eigenvalue weighted by Crippen LogP contribution is -2.37. The summed E-state index contributed by atoms with van der Waals surface area (Å²) in [6.07, 6.45) is 0. The van der Waals surface area contributed by atoms with Crippen LogP contribution in [0.25, 0.3) is 22.6 Å². The van der Waals surface area contributed by atoms with Crippen LogP contribution in [-0.2, 0) is 14.1 Å². The van der Waals surface area contributed by atoms with E-state index in [-0.39, 0.29) is 11.2 Å². The first-order valence-corrected chi connectivity index (χ1v) is 8.47. The van der Waals surface area contributed by atoms with E-state index in [0.29, 0.717) is 16.9 Å². The van der Waals surface area contributed by atoms with Crippen LogP contribution in [0, 0.1) is 27.7 Å². The Bertz CT molecular complexity index is 1330. The first-order chi connectivity index (χ1) is 12.2. The molecule has 0 spiro atoms. The summed E-state index contributed by atoms with van der Waals surface area (Å²) in [5.74, 6) is 0.639. The lowest BCUT2D eigenvalue weighted by atomic mass is 10.1. The van der Waals surface area contributed by atoms with Crippen molar-refractivity contribution in [1.82, 2.24) is 23.1 Å². The molecule has 3 heterocycles. The van der Waals surface area contributed by atoms with Crippen molar-refractivity contribution in [2.75, 3.05) is 0 Å². The lowest BCUT2D eigenvalue weighted by Gasteiger charge is -2.10. The van der Waals surface area contributed by atoms with Crippen molar-refractivity contribution in [2.24, 2.45) is 14.1 Å². The molecule has 0 bridgehead atoms. The molecule has 7 nitrogen and oxygen atoms in total. The molecule has 0 amide bonds. The minimum atomic E-state index is -0.379. The second-order valence-electron chi connectivity index (χ2n) is 6.92. The van der Waals surface area contributed by atoms with Gasteiger partial charge >= 0.3 is 5.69 Å². The highest BCUT2D eigenvalue weighted by atomic mass is 16.2. The topological polar surface area (TPSA) is 66.2 Å². The third-order valence-corrected chi connectivity index (χ3v) is 5.23. The van der Waals surface area contributed by atoms with Gasteiger partial charge in [0.05, 0.1) is 5.69 Å². The zero-order valence-corrected chi connectivity index (χ0v) is 15.8. The van der Waals surface area contributed by atoms with Crippen molar-refractivity contribution in [3.63, 3.8) is 0 Å². The molecule has 0 saturated heterocycles. The van der Waals surface area contributed by atoms with Crippen molar-refractivity contribution in [3.05, 3.63) is 61.6 Å². The van der Waals surface area contributed by atoms with E-state index in [2.05, 4.69) is 37.0 Å². The summed E-state index contributed by atoms with van der Waals surface area (Å²) >= 11 is 0. The number of rotatable bonds is 1. The summed E-state index contributed by atoms with van der Waals surface area (Å²) in [7, 11) is 3.13. The zero-order valence-electron chi connectivity index (χ0n) is 15.8. The van der Waals surface area contributed by atoms with Crippen molar-refractivity contribution in [3.8, 4) is 5.69 Å². The van der Waals surface area contributed by atoms with Gasteiger partial charge < -0.3 is 0 Å². The predicted molar refractivity (Wildman–Crippen MR) is 101 cm³/mol. The second-order valence-corrected chi connectivity index (χ2v) is 6.92. The van der Waals surface area contributed by atoms with Gasteiger partial charge in [0.2, 0.25) is 5.78 Å².